The third-order valence-electron chi connectivity index (χ3n) is 2.04. The molecule has 2 heteroatoms. The molecule has 0 aromatic heterocycles. The number of hydrogen-bond acceptors (Lipinski definition) is 2. The maximum absolute atomic E-state index is 5.24. The molecule has 0 atom stereocenters. The predicted molar refractivity (Wildman–Crippen MR) is 67.9 cm³/mol. The first-order chi connectivity index (χ1) is 6.92. The molecule has 0 radical (unpaired) electrons. The van der Waals surface area contributed by atoms with Gasteiger partial charge in [-0.2, -0.15) is 0 Å². The molecule has 0 saturated carbocycles. The van der Waals surface area contributed by atoms with Gasteiger partial charge in [0.1, 0.15) is 5.75 Å². The van der Waals surface area contributed by atoms with Gasteiger partial charge in [-0.05, 0) is 36.1 Å². The molecule has 0 heterocycles. The predicted octanol–water partition coefficient (Wildman–Crippen LogP) is 4.14. The van der Waals surface area contributed by atoms with Crippen LogP contribution in [0.1, 0.15) is 26.3 Å². The third-order valence-corrected chi connectivity index (χ3v) is 3.64. The van der Waals surface area contributed by atoms with Gasteiger partial charge < -0.3 is 4.74 Å². The summed E-state index contributed by atoms with van der Waals surface area (Å²) in [6, 6.07) is 6.36. The lowest BCUT2D eigenvalue weighted by atomic mass is 10.0. The van der Waals surface area contributed by atoms with Crippen molar-refractivity contribution in [1.29, 1.82) is 0 Å². The highest BCUT2D eigenvalue weighted by Crippen LogP contribution is 2.29. The zero-order valence-corrected chi connectivity index (χ0v) is 11.1. The summed E-state index contributed by atoms with van der Waals surface area (Å²) in [4.78, 5) is 1.32. The van der Waals surface area contributed by atoms with E-state index in [1.807, 2.05) is 17.8 Å². The summed E-state index contributed by atoms with van der Waals surface area (Å²) >= 11 is 1.91. The van der Waals surface area contributed by atoms with Crippen LogP contribution in [-0.4, -0.2) is 12.9 Å². The smallest absolute Gasteiger partial charge is 0.121 e. The molecule has 84 valence electrons. The van der Waals surface area contributed by atoms with Crippen LogP contribution in [0.25, 0.3) is 0 Å². The number of aryl methyl sites for hydroxylation is 1. The molecule has 0 bridgehead atoms. The van der Waals surface area contributed by atoms with E-state index >= 15 is 0 Å². The summed E-state index contributed by atoms with van der Waals surface area (Å²) in [6.07, 6.45) is 0. The zero-order chi connectivity index (χ0) is 11.5. The highest BCUT2D eigenvalue weighted by atomic mass is 32.2. The number of ether oxygens (including phenoxy) is 1. The molecule has 0 fully saturated rings. The molecule has 1 aromatic carbocycles. The average molecular weight is 224 g/mol. The number of thioether (sulfide) groups is 1. The second kappa shape index (κ2) is 4.93. The maximum Gasteiger partial charge on any atom is 0.121 e. The summed E-state index contributed by atoms with van der Waals surface area (Å²) in [5.41, 5.74) is 1.58. The lowest BCUT2D eigenvalue weighted by Crippen LogP contribution is -2.07. The lowest BCUT2D eigenvalue weighted by Gasteiger charge is -2.17. The van der Waals surface area contributed by atoms with Crippen molar-refractivity contribution in [1.82, 2.24) is 0 Å². The SMILES string of the molecule is COc1ccc(SCC(C)(C)C)cc1C. The molecule has 0 aliphatic heterocycles. The molecule has 15 heavy (non-hydrogen) atoms. The van der Waals surface area contributed by atoms with E-state index in [-0.39, 0.29) is 0 Å². The highest BCUT2D eigenvalue weighted by molar-refractivity contribution is 7.99. The van der Waals surface area contributed by atoms with Gasteiger partial charge in [-0.25, -0.2) is 0 Å². The van der Waals surface area contributed by atoms with Crippen LogP contribution in [0.15, 0.2) is 23.1 Å². The largest absolute Gasteiger partial charge is 0.496 e. The van der Waals surface area contributed by atoms with E-state index in [1.54, 1.807) is 7.11 Å². The van der Waals surface area contributed by atoms with Gasteiger partial charge in [0.05, 0.1) is 7.11 Å². The lowest BCUT2D eigenvalue weighted by molar-refractivity contribution is 0.411. The summed E-state index contributed by atoms with van der Waals surface area (Å²) in [5.74, 6) is 2.11. The Morgan fingerprint density at radius 2 is 1.93 bits per heavy atom. The van der Waals surface area contributed by atoms with Gasteiger partial charge in [0, 0.05) is 10.6 Å². The zero-order valence-electron chi connectivity index (χ0n) is 10.3. The van der Waals surface area contributed by atoms with Crippen molar-refractivity contribution in [2.45, 2.75) is 32.6 Å². The highest BCUT2D eigenvalue weighted by Gasteiger charge is 2.10. The number of hydrogen-bond donors (Lipinski definition) is 0. The summed E-state index contributed by atoms with van der Waals surface area (Å²) in [6.45, 7) is 8.86. The number of benzene rings is 1. The van der Waals surface area contributed by atoms with Crippen molar-refractivity contribution in [3.05, 3.63) is 23.8 Å². The number of rotatable bonds is 3. The van der Waals surface area contributed by atoms with E-state index in [9.17, 15) is 0 Å². The second-order valence-electron chi connectivity index (χ2n) is 4.98. The van der Waals surface area contributed by atoms with E-state index in [4.69, 9.17) is 4.74 Å². The first-order valence-corrected chi connectivity index (χ1v) is 6.18. The monoisotopic (exact) mass is 224 g/mol. The molecule has 1 rings (SSSR count). The minimum absolute atomic E-state index is 0.374. The van der Waals surface area contributed by atoms with Gasteiger partial charge >= 0.3 is 0 Å². The molecular formula is C13H20OS. The van der Waals surface area contributed by atoms with Gasteiger partial charge in [0.2, 0.25) is 0 Å². The Labute approximate surface area is 97.2 Å². The van der Waals surface area contributed by atoms with Gasteiger partial charge in [-0.15, -0.1) is 11.8 Å². The first kappa shape index (κ1) is 12.4. The van der Waals surface area contributed by atoms with Crippen LogP contribution in [-0.2, 0) is 0 Å². The Morgan fingerprint density at radius 3 is 2.40 bits per heavy atom. The van der Waals surface area contributed by atoms with Crippen molar-refractivity contribution in [2.24, 2.45) is 5.41 Å². The Balaban J connectivity index is 2.68. The molecule has 0 N–H and O–H groups in total. The van der Waals surface area contributed by atoms with Crippen LogP contribution in [0.2, 0.25) is 0 Å². The average Bonchev–Trinajstić information content (AvgIpc) is 2.14. The van der Waals surface area contributed by atoms with E-state index in [1.165, 1.54) is 10.5 Å². The van der Waals surface area contributed by atoms with E-state index < -0.39 is 0 Å². The van der Waals surface area contributed by atoms with Crippen LogP contribution in [0.5, 0.6) is 5.75 Å². The fraction of sp³-hybridized carbons (Fsp3) is 0.538. The fourth-order valence-electron chi connectivity index (χ4n) is 1.24. The van der Waals surface area contributed by atoms with Crippen molar-refractivity contribution in [3.63, 3.8) is 0 Å². The Kier molecular flexibility index (Phi) is 4.09. The van der Waals surface area contributed by atoms with Gasteiger partial charge in [0.25, 0.3) is 0 Å². The molecule has 0 amide bonds. The van der Waals surface area contributed by atoms with E-state index in [0.29, 0.717) is 5.41 Å². The number of methoxy groups -OCH3 is 1. The molecular weight excluding hydrogens is 204 g/mol. The van der Waals surface area contributed by atoms with E-state index in [2.05, 4.69) is 39.8 Å². The van der Waals surface area contributed by atoms with Gasteiger partial charge in [-0.3, -0.25) is 0 Å². The van der Waals surface area contributed by atoms with Crippen LogP contribution >= 0.6 is 11.8 Å². The first-order valence-electron chi connectivity index (χ1n) is 5.20. The topological polar surface area (TPSA) is 9.23 Å². The Hall–Kier alpha value is -0.630. The molecule has 0 spiro atoms. The molecule has 0 saturated heterocycles. The quantitative estimate of drug-likeness (QED) is 0.714. The normalized spacial score (nSPS) is 11.5. The van der Waals surface area contributed by atoms with Crippen LogP contribution in [0, 0.1) is 12.3 Å². The third kappa shape index (κ3) is 4.17. The van der Waals surface area contributed by atoms with Crippen molar-refractivity contribution >= 4 is 11.8 Å². The standard InChI is InChI=1S/C13H20OS/c1-10-8-11(6-7-12(10)14-5)15-9-13(2,3)4/h6-8H,9H2,1-5H3. The summed E-state index contributed by atoms with van der Waals surface area (Å²) in [5, 5.41) is 0. The molecule has 0 unspecified atom stereocenters. The molecule has 0 aliphatic carbocycles. The summed E-state index contributed by atoms with van der Waals surface area (Å²) < 4.78 is 5.24. The van der Waals surface area contributed by atoms with Crippen LogP contribution in [0.3, 0.4) is 0 Å². The van der Waals surface area contributed by atoms with Gasteiger partial charge in [-0.1, -0.05) is 20.8 Å². The minimum Gasteiger partial charge on any atom is -0.496 e. The van der Waals surface area contributed by atoms with Crippen LogP contribution < -0.4 is 4.74 Å². The maximum atomic E-state index is 5.24. The van der Waals surface area contributed by atoms with Crippen LogP contribution in [0.4, 0.5) is 0 Å². The van der Waals surface area contributed by atoms with Crippen molar-refractivity contribution < 1.29 is 4.74 Å². The molecule has 1 nitrogen and oxygen atoms in total. The van der Waals surface area contributed by atoms with Crippen molar-refractivity contribution in [2.75, 3.05) is 12.9 Å². The fourth-order valence-corrected chi connectivity index (χ4v) is 2.26. The molecule has 1 aromatic rings. The Bertz CT molecular complexity index is 326. The minimum atomic E-state index is 0.374. The van der Waals surface area contributed by atoms with E-state index in [0.717, 1.165) is 11.5 Å². The molecule has 0 aliphatic rings. The van der Waals surface area contributed by atoms with Crippen molar-refractivity contribution in [3.8, 4) is 5.75 Å². The second-order valence-corrected chi connectivity index (χ2v) is 6.03. The Morgan fingerprint density at radius 1 is 1.27 bits per heavy atom. The summed E-state index contributed by atoms with van der Waals surface area (Å²) in [7, 11) is 1.71. The van der Waals surface area contributed by atoms with Gasteiger partial charge in [0.15, 0.2) is 0 Å².